The number of hydrogen-bond donors (Lipinski definition) is 2. The van der Waals surface area contributed by atoms with Gasteiger partial charge in [0.25, 0.3) is 0 Å². The summed E-state index contributed by atoms with van der Waals surface area (Å²) in [5, 5.41) is 21.5. The van der Waals surface area contributed by atoms with E-state index in [-0.39, 0.29) is 11.4 Å². The SMILES string of the molecule is CON=C(C(=O)O)c1cnn(NC(c2ccccc2)(c2ccccc2)c2ccccc2)n1. The maximum Gasteiger partial charge on any atom is 0.360 e. The van der Waals surface area contributed by atoms with Gasteiger partial charge in [-0.3, -0.25) is 5.43 Å². The normalized spacial score (nSPS) is 11.7. The Morgan fingerprint density at radius 2 is 1.38 bits per heavy atom. The Balaban J connectivity index is 1.90. The quantitative estimate of drug-likeness (QED) is 0.254. The molecule has 0 fully saturated rings. The van der Waals surface area contributed by atoms with Crippen LogP contribution < -0.4 is 5.43 Å². The largest absolute Gasteiger partial charge is 0.476 e. The molecule has 0 saturated carbocycles. The molecule has 0 unspecified atom stereocenters. The molecule has 1 heterocycles. The molecule has 8 nitrogen and oxygen atoms in total. The van der Waals surface area contributed by atoms with Gasteiger partial charge in [-0.2, -0.15) is 0 Å². The van der Waals surface area contributed by atoms with Crippen molar-refractivity contribution in [1.29, 1.82) is 0 Å². The molecule has 1 aromatic heterocycles. The average molecular weight is 427 g/mol. The van der Waals surface area contributed by atoms with Crippen LogP contribution in [-0.2, 0) is 15.2 Å². The van der Waals surface area contributed by atoms with Crippen molar-refractivity contribution in [2.75, 3.05) is 12.5 Å². The molecule has 0 bridgehead atoms. The Hall–Kier alpha value is -4.46. The molecule has 0 spiro atoms. The number of aromatic nitrogens is 3. The Morgan fingerprint density at radius 1 is 0.906 bits per heavy atom. The molecule has 3 aromatic carbocycles. The summed E-state index contributed by atoms with van der Waals surface area (Å²) in [6.45, 7) is 0. The Labute approximate surface area is 184 Å². The zero-order chi connectivity index (χ0) is 22.4. The van der Waals surface area contributed by atoms with E-state index in [1.54, 1.807) is 0 Å². The number of nitrogens with zero attached hydrogens (tertiary/aromatic N) is 4. The summed E-state index contributed by atoms with van der Waals surface area (Å²) < 4.78 is 0. The molecule has 0 aliphatic rings. The van der Waals surface area contributed by atoms with Gasteiger partial charge in [0.2, 0.25) is 5.71 Å². The van der Waals surface area contributed by atoms with E-state index in [1.807, 2.05) is 91.0 Å². The van der Waals surface area contributed by atoms with Crippen LogP contribution >= 0.6 is 0 Å². The molecule has 32 heavy (non-hydrogen) atoms. The highest BCUT2D eigenvalue weighted by Gasteiger charge is 2.37. The zero-order valence-electron chi connectivity index (χ0n) is 17.3. The minimum Gasteiger partial charge on any atom is -0.476 e. The maximum absolute atomic E-state index is 11.5. The van der Waals surface area contributed by atoms with Gasteiger partial charge in [-0.15, -0.1) is 10.2 Å². The fourth-order valence-corrected chi connectivity index (χ4v) is 3.62. The van der Waals surface area contributed by atoms with E-state index in [0.717, 1.165) is 16.7 Å². The molecule has 160 valence electrons. The van der Waals surface area contributed by atoms with Crippen LogP contribution in [0.15, 0.2) is 102 Å². The summed E-state index contributed by atoms with van der Waals surface area (Å²) >= 11 is 0. The van der Waals surface area contributed by atoms with E-state index in [1.165, 1.54) is 18.2 Å². The predicted molar refractivity (Wildman–Crippen MR) is 120 cm³/mol. The van der Waals surface area contributed by atoms with Crippen molar-refractivity contribution in [3.05, 3.63) is 120 Å². The number of carbonyl (C=O) groups is 1. The second-order valence-corrected chi connectivity index (χ2v) is 6.91. The van der Waals surface area contributed by atoms with Crippen LogP contribution in [0.5, 0.6) is 0 Å². The highest BCUT2D eigenvalue weighted by molar-refractivity contribution is 6.41. The number of carboxylic acids is 1. The standard InChI is InChI=1S/C24H21N5O3/c1-32-27-22(23(30)31)21-17-25-29(26-21)28-24(18-11-5-2-6-12-18,19-13-7-3-8-14-19)20-15-9-4-10-16-20/h2-17,28H,1H3,(H,30,31). The van der Waals surface area contributed by atoms with Crippen molar-refractivity contribution < 1.29 is 14.7 Å². The molecule has 8 heteroatoms. The van der Waals surface area contributed by atoms with Gasteiger partial charge in [-0.05, 0) is 16.7 Å². The van der Waals surface area contributed by atoms with E-state index < -0.39 is 11.5 Å². The first-order valence-electron chi connectivity index (χ1n) is 9.87. The van der Waals surface area contributed by atoms with Gasteiger partial charge in [0.05, 0.1) is 6.20 Å². The molecular weight excluding hydrogens is 406 g/mol. The summed E-state index contributed by atoms with van der Waals surface area (Å²) in [4.78, 5) is 17.4. The highest BCUT2D eigenvalue weighted by Crippen LogP contribution is 2.37. The number of carboxylic acid groups (broad SMARTS) is 1. The molecule has 0 saturated heterocycles. The summed E-state index contributed by atoms with van der Waals surface area (Å²) in [5.41, 5.74) is 5.14. The smallest absolute Gasteiger partial charge is 0.360 e. The van der Waals surface area contributed by atoms with Crippen LogP contribution in [0.4, 0.5) is 0 Å². The minimum absolute atomic E-state index is 0.0648. The molecule has 0 radical (unpaired) electrons. The van der Waals surface area contributed by atoms with Crippen molar-refractivity contribution in [3.8, 4) is 0 Å². The highest BCUT2D eigenvalue weighted by atomic mass is 16.6. The molecule has 0 amide bonds. The monoisotopic (exact) mass is 427 g/mol. The zero-order valence-corrected chi connectivity index (χ0v) is 17.3. The summed E-state index contributed by atoms with van der Waals surface area (Å²) in [6, 6.07) is 29.8. The van der Waals surface area contributed by atoms with Gasteiger partial charge in [0, 0.05) is 0 Å². The minimum atomic E-state index is -1.26. The summed E-state index contributed by atoms with van der Waals surface area (Å²) in [6.07, 6.45) is 1.32. The number of hydrogen-bond acceptors (Lipinski definition) is 6. The van der Waals surface area contributed by atoms with Crippen LogP contribution in [-0.4, -0.2) is 39.0 Å². The predicted octanol–water partition coefficient (Wildman–Crippen LogP) is 3.25. The molecular formula is C24H21N5O3. The Bertz CT molecular complexity index is 1110. The first-order chi connectivity index (χ1) is 15.6. The molecule has 0 atom stereocenters. The number of rotatable bonds is 8. The van der Waals surface area contributed by atoms with Crippen LogP contribution in [0.25, 0.3) is 0 Å². The molecule has 4 aromatic rings. The van der Waals surface area contributed by atoms with Gasteiger partial charge in [-0.25, -0.2) is 4.79 Å². The number of benzene rings is 3. The van der Waals surface area contributed by atoms with Crippen molar-refractivity contribution >= 4 is 11.7 Å². The van der Waals surface area contributed by atoms with Gasteiger partial charge >= 0.3 is 5.97 Å². The lowest BCUT2D eigenvalue weighted by Crippen LogP contribution is -2.44. The van der Waals surface area contributed by atoms with Gasteiger partial charge in [0.15, 0.2) is 0 Å². The van der Waals surface area contributed by atoms with Gasteiger partial charge in [0.1, 0.15) is 18.3 Å². The third-order valence-electron chi connectivity index (χ3n) is 5.01. The van der Waals surface area contributed by atoms with Crippen molar-refractivity contribution in [1.82, 2.24) is 15.1 Å². The number of nitrogens with one attached hydrogen (secondary N) is 1. The summed E-state index contributed by atoms with van der Waals surface area (Å²) in [7, 11) is 1.27. The first kappa shape index (κ1) is 20.8. The molecule has 0 aliphatic carbocycles. The lowest BCUT2D eigenvalue weighted by molar-refractivity contribution is -0.129. The number of oxime groups is 1. The van der Waals surface area contributed by atoms with E-state index in [9.17, 15) is 9.90 Å². The molecule has 4 rings (SSSR count). The van der Waals surface area contributed by atoms with E-state index in [2.05, 4.69) is 25.6 Å². The second-order valence-electron chi connectivity index (χ2n) is 6.91. The Morgan fingerprint density at radius 3 is 1.78 bits per heavy atom. The van der Waals surface area contributed by atoms with Gasteiger partial charge < -0.3 is 9.94 Å². The van der Waals surface area contributed by atoms with Crippen molar-refractivity contribution in [2.45, 2.75) is 5.54 Å². The van der Waals surface area contributed by atoms with Crippen molar-refractivity contribution in [2.24, 2.45) is 5.16 Å². The van der Waals surface area contributed by atoms with Crippen LogP contribution in [0.3, 0.4) is 0 Å². The van der Waals surface area contributed by atoms with Crippen LogP contribution in [0.1, 0.15) is 22.4 Å². The third kappa shape index (κ3) is 3.93. The fourth-order valence-electron chi connectivity index (χ4n) is 3.62. The van der Waals surface area contributed by atoms with Crippen LogP contribution in [0, 0.1) is 0 Å². The van der Waals surface area contributed by atoms with Gasteiger partial charge in [-0.1, -0.05) is 101 Å². The first-order valence-corrected chi connectivity index (χ1v) is 9.87. The fraction of sp³-hybridized carbons (Fsp3) is 0.0833. The number of aliphatic carboxylic acids is 1. The van der Waals surface area contributed by atoms with Crippen LogP contribution in [0.2, 0.25) is 0 Å². The maximum atomic E-state index is 11.5. The lowest BCUT2D eigenvalue weighted by Gasteiger charge is -2.36. The molecule has 2 N–H and O–H groups in total. The van der Waals surface area contributed by atoms with E-state index in [0.29, 0.717) is 0 Å². The second kappa shape index (κ2) is 9.13. The van der Waals surface area contributed by atoms with E-state index in [4.69, 9.17) is 0 Å². The Kier molecular flexibility index (Phi) is 5.94. The van der Waals surface area contributed by atoms with E-state index >= 15 is 0 Å². The lowest BCUT2D eigenvalue weighted by atomic mass is 9.77. The third-order valence-corrected chi connectivity index (χ3v) is 5.01. The van der Waals surface area contributed by atoms with Crippen molar-refractivity contribution in [3.63, 3.8) is 0 Å². The molecule has 0 aliphatic heterocycles. The topological polar surface area (TPSA) is 102 Å². The summed E-state index contributed by atoms with van der Waals surface area (Å²) in [5.74, 6) is -1.26. The average Bonchev–Trinajstić information content (AvgIpc) is 3.30.